The minimum atomic E-state index is -0.209. The van der Waals surface area contributed by atoms with Crippen LogP contribution in [0.15, 0.2) is 59.7 Å². The summed E-state index contributed by atoms with van der Waals surface area (Å²) in [5.41, 5.74) is 2.81. The Morgan fingerprint density at radius 3 is 2.39 bits per heavy atom. The fraction of sp³-hybridized carbons (Fsp3) is 0.423. The number of carbonyl (C=O) groups excluding carboxylic acids is 2. The Morgan fingerprint density at radius 1 is 1.06 bits per heavy atom. The van der Waals surface area contributed by atoms with Crippen LogP contribution in [0.2, 0.25) is 0 Å². The molecule has 2 aromatic carbocycles. The largest absolute Gasteiger partial charge is 0.497 e. The lowest BCUT2D eigenvalue weighted by atomic mass is 9.84. The van der Waals surface area contributed by atoms with E-state index in [1.165, 1.54) is 0 Å². The van der Waals surface area contributed by atoms with Gasteiger partial charge in [0.15, 0.2) is 0 Å². The van der Waals surface area contributed by atoms with Crippen molar-refractivity contribution >= 4 is 17.5 Å². The van der Waals surface area contributed by atoms with Gasteiger partial charge < -0.3 is 14.4 Å². The van der Waals surface area contributed by atoms with Crippen LogP contribution in [0.1, 0.15) is 42.9 Å². The number of nitrogens with zero attached hydrogens (tertiary/aromatic N) is 3. The van der Waals surface area contributed by atoms with E-state index < -0.39 is 0 Å². The van der Waals surface area contributed by atoms with Crippen molar-refractivity contribution in [2.24, 2.45) is 11.0 Å². The first-order valence-corrected chi connectivity index (χ1v) is 11.5. The average Bonchev–Trinajstić information content (AvgIpc) is 3.27. The highest BCUT2D eigenvalue weighted by molar-refractivity contribution is 6.03. The quantitative estimate of drug-likeness (QED) is 0.586. The van der Waals surface area contributed by atoms with Gasteiger partial charge in [-0.15, -0.1) is 0 Å². The van der Waals surface area contributed by atoms with Gasteiger partial charge >= 0.3 is 0 Å². The van der Waals surface area contributed by atoms with E-state index in [1.54, 1.807) is 24.1 Å². The van der Waals surface area contributed by atoms with Gasteiger partial charge in [-0.25, -0.2) is 5.01 Å². The molecular weight excluding hydrogens is 418 g/mol. The summed E-state index contributed by atoms with van der Waals surface area (Å²) in [6.45, 7) is 0.798. The molecule has 174 valence electrons. The van der Waals surface area contributed by atoms with Gasteiger partial charge in [0.05, 0.1) is 25.5 Å². The van der Waals surface area contributed by atoms with E-state index in [0.717, 1.165) is 41.9 Å². The monoisotopic (exact) mass is 449 g/mol. The zero-order chi connectivity index (χ0) is 23.2. The molecule has 0 radical (unpaired) electrons. The predicted molar refractivity (Wildman–Crippen MR) is 126 cm³/mol. The van der Waals surface area contributed by atoms with Crippen LogP contribution < -0.4 is 4.74 Å². The van der Waals surface area contributed by atoms with Crippen molar-refractivity contribution in [3.8, 4) is 5.75 Å². The molecule has 7 nitrogen and oxygen atoms in total. The minimum absolute atomic E-state index is 0.00141. The maximum atomic E-state index is 13.5. The van der Waals surface area contributed by atoms with Gasteiger partial charge in [0.25, 0.3) is 5.91 Å². The molecular formula is C26H31N3O4. The van der Waals surface area contributed by atoms with Gasteiger partial charge in [-0.05, 0) is 48.2 Å². The third-order valence-corrected chi connectivity index (χ3v) is 6.43. The van der Waals surface area contributed by atoms with Crippen LogP contribution in [0.3, 0.4) is 0 Å². The molecule has 2 aromatic rings. The van der Waals surface area contributed by atoms with Gasteiger partial charge in [-0.1, -0.05) is 36.8 Å². The number of hydrazone groups is 1. The van der Waals surface area contributed by atoms with E-state index in [-0.39, 0.29) is 30.3 Å². The van der Waals surface area contributed by atoms with E-state index in [2.05, 4.69) is 0 Å². The number of methoxy groups -OCH3 is 2. The molecule has 33 heavy (non-hydrogen) atoms. The first-order valence-electron chi connectivity index (χ1n) is 11.5. The Kier molecular flexibility index (Phi) is 7.40. The molecule has 1 fully saturated rings. The van der Waals surface area contributed by atoms with Crippen molar-refractivity contribution in [2.45, 2.75) is 31.7 Å². The van der Waals surface area contributed by atoms with Crippen LogP contribution in [0.5, 0.6) is 5.75 Å². The Labute approximate surface area is 195 Å². The minimum Gasteiger partial charge on any atom is -0.497 e. The van der Waals surface area contributed by atoms with Crippen LogP contribution >= 0.6 is 0 Å². The van der Waals surface area contributed by atoms with E-state index in [9.17, 15) is 9.59 Å². The number of rotatable bonds is 9. The molecule has 0 N–H and O–H groups in total. The van der Waals surface area contributed by atoms with Crippen molar-refractivity contribution in [3.63, 3.8) is 0 Å². The SMILES string of the molecule is COCCN(CC(=O)N1N=C(c2ccc(OC)cc2)CC1c1ccccc1)C(=O)C1CCC1. The Balaban J connectivity index is 1.57. The summed E-state index contributed by atoms with van der Waals surface area (Å²) in [7, 11) is 3.24. The molecule has 2 aliphatic rings. The van der Waals surface area contributed by atoms with Crippen molar-refractivity contribution in [1.29, 1.82) is 0 Å². The molecule has 2 amide bonds. The molecule has 0 bridgehead atoms. The Bertz CT molecular complexity index is 986. The second-order valence-electron chi connectivity index (χ2n) is 8.52. The first kappa shape index (κ1) is 23.0. The van der Waals surface area contributed by atoms with E-state index in [1.807, 2.05) is 54.6 Å². The zero-order valence-corrected chi connectivity index (χ0v) is 19.3. The topological polar surface area (TPSA) is 71.4 Å². The number of amides is 2. The Morgan fingerprint density at radius 2 is 1.79 bits per heavy atom. The first-order chi connectivity index (χ1) is 16.1. The maximum Gasteiger partial charge on any atom is 0.262 e. The number of hydrogen-bond donors (Lipinski definition) is 0. The van der Waals surface area contributed by atoms with Crippen LogP contribution in [-0.2, 0) is 14.3 Å². The molecule has 1 unspecified atom stereocenters. The van der Waals surface area contributed by atoms with Gasteiger partial charge in [0, 0.05) is 26.0 Å². The summed E-state index contributed by atoms with van der Waals surface area (Å²) in [6.07, 6.45) is 3.47. The van der Waals surface area contributed by atoms with Crippen molar-refractivity contribution in [3.05, 3.63) is 65.7 Å². The zero-order valence-electron chi connectivity index (χ0n) is 19.3. The molecule has 1 aliphatic heterocycles. The van der Waals surface area contributed by atoms with E-state index in [0.29, 0.717) is 19.6 Å². The summed E-state index contributed by atoms with van der Waals surface area (Å²) in [6, 6.07) is 17.4. The van der Waals surface area contributed by atoms with E-state index >= 15 is 0 Å². The predicted octanol–water partition coefficient (Wildman–Crippen LogP) is 3.65. The van der Waals surface area contributed by atoms with Crippen LogP contribution in [0.4, 0.5) is 0 Å². The Hall–Kier alpha value is -3.19. The molecule has 0 aromatic heterocycles. The van der Waals surface area contributed by atoms with Crippen LogP contribution in [0.25, 0.3) is 0 Å². The summed E-state index contributed by atoms with van der Waals surface area (Å²) >= 11 is 0. The van der Waals surface area contributed by atoms with E-state index in [4.69, 9.17) is 14.6 Å². The molecule has 1 aliphatic carbocycles. The normalized spacial score (nSPS) is 17.9. The third-order valence-electron chi connectivity index (χ3n) is 6.43. The number of hydrogen-bond acceptors (Lipinski definition) is 5. The fourth-order valence-corrected chi connectivity index (χ4v) is 4.25. The smallest absolute Gasteiger partial charge is 0.262 e. The molecule has 0 saturated heterocycles. The summed E-state index contributed by atoms with van der Waals surface area (Å²) < 4.78 is 10.4. The fourth-order valence-electron chi connectivity index (χ4n) is 4.25. The van der Waals surface area contributed by atoms with Crippen molar-refractivity contribution in [1.82, 2.24) is 9.91 Å². The lowest BCUT2D eigenvalue weighted by molar-refractivity contribution is -0.146. The molecule has 4 rings (SSSR count). The molecule has 1 saturated carbocycles. The summed E-state index contributed by atoms with van der Waals surface area (Å²) in [4.78, 5) is 28.0. The second kappa shape index (κ2) is 10.6. The highest BCUT2D eigenvalue weighted by Gasteiger charge is 2.36. The number of carbonyl (C=O) groups is 2. The van der Waals surface area contributed by atoms with Crippen LogP contribution in [0, 0.1) is 5.92 Å². The molecule has 7 heteroatoms. The van der Waals surface area contributed by atoms with Crippen molar-refractivity contribution in [2.75, 3.05) is 33.9 Å². The molecule has 1 atom stereocenters. The van der Waals surface area contributed by atoms with Crippen molar-refractivity contribution < 1.29 is 19.1 Å². The molecule has 1 heterocycles. The second-order valence-corrected chi connectivity index (χ2v) is 8.52. The highest BCUT2D eigenvalue weighted by Crippen LogP contribution is 2.34. The molecule has 0 spiro atoms. The van der Waals surface area contributed by atoms with Gasteiger partial charge in [-0.3, -0.25) is 9.59 Å². The highest BCUT2D eigenvalue weighted by atomic mass is 16.5. The maximum absolute atomic E-state index is 13.5. The standard InChI is InChI=1S/C26H31N3O4/c1-32-16-15-28(26(31)21-9-6-10-21)18-25(30)29-24(20-7-4-3-5-8-20)17-23(27-29)19-11-13-22(33-2)14-12-19/h3-5,7-8,11-14,21,24H,6,9-10,15-18H2,1-2H3. The summed E-state index contributed by atoms with van der Waals surface area (Å²) in [5, 5.41) is 6.29. The van der Waals surface area contributed by atoms with Gasteiger partial charge in [0.2, 0.25) is 5.91 Å². The van der Waals surface area contributed by atoms with Gasteiger partial charge in [0.1, 0.15) is 12.3 Å². The summed E-state index contributed by atoms with van der Waals surface area (Å²) in [5.74, 6) is 0.655. The lowest BCUT2D eigenvalue weighted by Gasteiger charge is -2.32. The average molecular weight is 450 g/mol. The number of ether oxygens (including phenoxy) is 2. The third kappa shape index (κ3) is 5.25. The van der Waals surface area contributed by atoms with Crippen LogP contribution in [-0.4, -0.2) is 61.4 Å². The lowest BCUT2D eigenvalue weighted by Crippen LogP contribution is -2.46. The number of benzene rings is 2. The van der Waals surface area contributed by atoms with Gasteiger partial charge in [-0.2, -0.15) is 5.10 Å².